The number of imide groups is 2. The molecule has 6 unspecified atom stereocenters. The number of carbonyl (C=O) groups excluding carboxylic acids is 4. The quantitative estimate of drug-likeness (QED) is 0.132. The van der Waals surface area contributed by atoms with E-state index in [0.717, 1.165) is 41.5 Å². The highest BCUT2D eigenvalue weighted by molar-refractivity contribution is 7.22. The van der Waals surface area contributed by atoms with Gasteiger partial charge in [0.1, 0.15) is 28.7 Å². The van der Waals surface area contributed by atoms with Crippen LogP contribution in [0.2, 0.25) is 10.0 Å². The predicted molar refractivity (Wildman–Crippen MR) is 218 cm³/mol. The first-order valence-electron chi connectivity index (χ1n) is 18.9. The molecule has 3 aromatic heterocycles. The second-order valence-electron chi connectivity index (χ2n) is 15.8. The number of hydrogen-bond acceptors (Lipinski definition) is 10. The Labute approximate surface area is 354 Å². The van der Waals surface area contributed by atoms with Crippen molar-refractivity contribution in [1.82, 2.24) is 19.8 Å². The average molecular weight is 880 g/mol. The van der Waals surface area contributed by atoms with Gasteiger partial charge in [-0.25, -0.2) is 9.88 Å². The summed E-state index contributed by atoms with van der Waals surface area (Å²) in [5.74, 6) is -7.66. The van der Waals surface area contributed by atoms with Crippen LogP contribution < -0.4 is 14.6 Å². The number of ether oxygens (including phenoxy) is 1. The molecule has 0 spiro atoms. The van der Waals surface area contributed by atoms with Crippen LogP contribution in [0.15, 0.2) is 66.2 Å². The normalized spacial score (nSPS) is 25.2. The number of fused-ring (bicyclic) bond motifs is 5. The lowest BCUT2D eigenvalue weighted by Crippen LogP contribution is -2.49. The van der Waals surface area contributed by atoms with Crippen molar-refractivity contribution in [3.8, 4) is 22.1 Å². The molecule has 3 fully saturated rings. The lowest BCUT2D eigenvalue weighted by atomic mass is 9.51. The molecule has 5 heterocycles. The van der Waals surface area contributed by atoms with Gasteiger partial charge < -0.3 is 9.84 Å². The molecule has 2 aliphatic carbocycles. The molecule has 2 saturated heterocycles. The Morgan fingerprint density at radius 3 is 2.48 bits per heavy atom. The summed E-state index contributed by atoms with van der Waals surface area (Å²) >= 11 is 14.1. The minimum atomic E-state index is -4.83. The zero-order valence-corrected chi connectivity index (χ0v) is 34.9. The van der Waals surface area contributed by atoms with Gasteiger partial charge >= 0.3 is 6.18 Å². The number of phenolic OH excluding ortho intramolecular Hbond substituents is 1. The number of thiophene rings is 1. The number of aromatic nitrogens is 3. The molecule has 1 N–H and O–H groups in total. The Hall–Kier alpha value is -5.45. The van der Waals surface area contributed by atoms with Gasteiger partial charge in [0.05, 0.1) is 40.2 Å². The van der Waals surface area contributed by atoms with Crippen LogP contribution in [0.3, 0.4) is 0 Å². The van der Waals surface area contributed by atoms with E-state index < -0.39 is 76.3 Å². The SMILES string of the molecule is COc1cccc(O)c1C1C2=CCC3C(=O)N(N(C)c4nc(C(F)(F)F)ccc4Cl)C(=O)C3C2CC2C(=O)N(c3cc(-c4sc5ccc(Cl)cc5c4C)nn3C)C(=O)C21C. The third-order valence-electron chi connectivity index (χ3n) is 12.7. The molecular weight excluding hydrogens is 844 g/mol. The zero-order valence-electron chi connectivity index (χ0n) is 32.5. The summed E-state index contributed by atoms with van der Waals surface area (Å²) in [5.41, 5.74) is -0.537. The van der Waals surface area contributed by atoms with E-state index in [9.17, 15) is 32.7 Å². The van der Waals surface area contributed by atoms with Gasteiger partial charge in [-0.2, -0.15) is 23.3 Å². The highest BCUT2D eigenvalue weighted by atomic mass is 35.5. The number of pyridine rings is 1. The van der Waals surface area contributed by atoms with Gasteiger partial charge in [-0.3, -0.25) is 28.9 Å². The number of alkyl halides is 3. The Kier molecular flexibility index (Phi) is 9.19. The fourth-order valence-corrected chi connectivity index (χ4v) is 11.5. The van der Waals surface area contributed by atoms with Gasteiger partial charge in [0, 0.05) is 41.4 Å². The first-order chi connectivity index (χ1) is 28.4. The van der Waals surface area contributed by atoms with E-state index >= 15 is 4.79 Å². The summed E-state index contributed by atoms with van der Waals surface area (Å²) in [4.78, 5) is 64.6. The number of amides is 4. The number of hydrogen-bond donors (Lipinski definition) is 1. The first-order valence-corrected chi connectivity index (χ1v) is 20.5. The Morgan fingerprint density at radius 1 is 1.02 bits per heavy atom. The summed E-state index contributed by atoms with van der Waals surface area (Å²) in [5, 5.41) is 19.3. The van der Waals surface area contributed by atoms with E-state index in [4.69, 9.17) is 33.0 Å². The van der Waals surface area contributed by atoms with Crippen molar-refractivity contribution in [2.45, 2.75) is 38.8 Å². The Morgan fingerprint density at radius 2 is 1.77 bits per heavy atom. The lowest BCUT2D eigenvalue weighted by Gasteiger charge is -2.49. The second kappa shape index (κ2) is 13.8. The molecule has 5 aromatic rings. The number of aryl methyl sites for hydroxylation is 2. The van der Waals surface area contributed by atoms with Gasteiger partial charge in [-0.15, -0.1) is 11.3 Å². The first kappa shape index (κ1) is 40.0. The number of allylic oxidation sites excluding steroid dienone is 2. The molecule has 2 aromatic carbocycles. The molecule has 310 valence electrons. The van der Waals surface area contributed by atoms with E-state index in [1.54, 1.807) is 44.3 Å². The van der Waals surface area contributed by atoms with E-state index in [0.29, 0.717) is 22.4 Å². The van der Waals surface area contributed by atoms with Crippen molar-refractivity contribution < 1.29 is 42.2 Å². The molecule has 4 aliphatic rings. The monoisotopic (exact) mass is 878 g/mol. The molecule has 6 atom stereocenters. The van der Waals surface area contributed by atoms with E-state index in [-0.39, 0.29) is 40.7 Å². The van der Waals surface area contributed by atoms with Gasteiger partial charge in [0.2, 0.25) is 11.8 Å². The number of hydrazine groups is 1. The maximum atomic E-state index is 15.2. The summed E-state index contributed by atoms with van der Waals surface area (Å²) in [6.07, 6.45) is -3.05. The maximum Gasteiger partial charge on any atom is 0.433 e. The average Bonchev–Trinajstić information content (AvgIpc) is 3.87. The number of methoxy groups -OCH3 is 1. The van der Waals surface area contributed by atoms with Crippen molar-refractivity contribution in [2.75, 3.05) is 24.1 Å². The van der Waals surface area contributed by atoms with E-state index in [1.807, 2.05) is 19.1 Å². The summed E-state index contributed by atoms with van der Waals surface area (Å²) < 4.78 is 49.4. The van der Waals surface area contributed by atoms with Crippen LogP contribution in [0.5, 0.6) is 11.5 Å². The fourth-order valence-electron chi connectivity index (χ4n) is 9.95. The van der Waals surface area contributed by atoms with Crippen LogP contribution in [0, 0.1) is 36.0 Å². The zero-order chi connectivity index (χ0) is 42.9. The maximum absolute atomic E-state index is 15.2. The highest BCUT2D eigenvalue weighted by Gasteiger charge is 2.69. The largest absolute Gasteiger partial charge is 0.508 e. The number of rotatable bonds is 6. The smallest absolute Gasteiger partial charge is 0.433 e. The highest BCUT2D eigenvalue weighted by Crippen LogP contribution is 2.65. The van der Waals surface area contributed by atoms with Crippen molar-refractivity contribution >= 4 is 79.9 Å². The van der Waals surface area contributed by atoms with Gasteiger partial charge in [-0.1, -0.05) is 40.9 Å². The minimum Gasteiger partial charge on any atom is -0.508 e. The van der Waals surface area contributed by atoms with Crippen LogP contribution in [-0.2, 0) is 32.4 Å². The molecular formula is C42H35Cl2F3N6O6S. The Bertz CT molecular complexity index is 2750. The standard InChI is InChI=1S/C42H35Cl2F3N6O6S/c1-18-22-15-19(43)9-13-29(22)60-35(18)26-17-31(50(3)49-26)52-38(56)24-16-23-20(34(41(24,2)40(52)58)33-27(54)7-6-8-28(33)59-5)10-11-21-32(23)39(57)53(37(21)55)51(4)36-25(44)12-14-30(48-36)42(45,46)47/h6-10,12-15,17,21,23-24,32,34,54H,11,16H2,1-5H3. The molecule has 18 heteroatoms. The van der Waals surface area contributed by atoms with Crippen LogP contribution in [0.4, 0.5) is 24.8 Å². The van der Waals surface area contributed by atoms with Gasteiger partial charge in [0.25, 0.3) is 11.8 Å². The number of aromatic hydroxyl groups is 1. The molecule has 0 radical (unpaired) electrons. The number of carbonyl (C=O) groups is 4. The predicted octanol–water partition coefficient (Wildman–Crippen LogP) is 8.33. The molecule has 12 nitrogen and oxygen atoms in total. The number of nitrogens with zero attached hydrogens (tertiary/aromatic N) is 6. The molecule has 4 amide bonds. The number of anilines is 2. The van der Waals surface area contributed by atoms with Crippen LogP contribution >= 0.6 is 34.5 Å². The summed E-state index contributed by atoms with van der Waals surface area (Å²) in [6, 6.07) is 13.6. The molecule has 2 aliphatic heterocycles. The minimum absolute atomic E-state index is 0.0268. The van der Waals surface area contributed by atoms with Gasteiger partial charge in [0.15, 0.2) is 5.82 Å². The van der Waals surface area contributed by atoms with Crippen molar-refractivity contribution in [2.24, 2.45) is 36.1 Å². The molecule has 60 heavy (non-hydrogen) atoms. The lowest BCUT2D eigenvalue weighted by molar-refractivity contribution is -0.141. The van der Waals surface area contributed by atoms with Crippen molar-refractivity contribution in [1.29, 1.82) is 0 Å². The molecule has 1 saturated carbocycles. The third-order valence-corrected chi connectivity index (χ3v) is 14.6. The van der Waals surface area contributed by atoms with E-state index in [2.05, 4.69) is 4.98 Å². The van der Waals surface area contributed by atoms with E-state index in [1.165, 1.54) is 36.2 Å². The van der Waals surface area contributed by atoms with Crippen molar-refractivity contribution in [3.05, 3.63) is 93.1 Å². The van der Waals surface area contributed by atoms with Gasteiger partial charge in [-0.05, 0) is 86.0 Å². The summed E-state index contributed by atoms with van der Waals surface area (Å²) in [7, 11) is 4.29. The Balaban J connectivity index is 1.14. The summed E-state index contributed by atoms with van der Waals surface area (Å²) in [6.45, 7) is 3.63. The number of halogens is 5. The third kappa shape index (κ3) is 5.63. The fraction of sp³-hybridized carbons (Fsp3) is 0.333. The molecule has 0 bridgehead atoms. The number of phenols is 1. The second-order valence-corrected chi connectivity index (χ2v) is 17.7. The molecule has 9 rings (SSSR count). The van der Waals surface area contributed by atoms with Crippen molar-refractivity contribution in [3.63, 3.8) is 0 Å². The van der Waals surface area contributed by atoms with Crippen LogP contribution in [0.25, 0.3) is 20.7 Å². The van der Waals surface area contributed by atoms with Crippen LogP contribution in [0.1, 0.15) is 42.5 Å². The van der Waals surface area contributed by atoms with Crippen LogP contribution in [-0.4, -0.2) is 62.7 Å². The topological polar surface area (TPSA) is 138 Å². The number of benzene rings is 2.